The number of aromatic nitrogens is 4. The molecule has 3 heterocycles. The van der Waals surface area contributed by atoms with E-state index in [1.54, 1.807) is 54.9 Å². The number of nitrogens with zero attached hydrogens (tertiary/aromatic N) is 3. The van der Waals surface area contributed by atoms with Gasteiger partial charge < -0.3 is 9.88 Å². The van der Waals surface area contributed by atoms with E-state index >= 15 is 0 Å². The lowest BCUT2D eigenvalue weighted by molar-refractivity contribution is 0.0950. The summed E-state index contributed by atoms with van der Waals surface area (Å²) in [4.78, 5) is 28.8. The third-order valence-corrected chi connectivity index (χ3v) is 6.08. The van der Waals surface area contributed by atoms with Crippen LogP contribution in [-0.4, -0.2) is 25.7 Å². The van der Waals surface area contributed by atoms with Gasteiger partial charge in [-0.1, -0.05) is 29.8 Å². The first-order chi connectivity index (χ1) is 17.5. The third kappa shape index (κ3) is 5.18. The molecule has 0 radical (unpaired) electrons. The largest absolute Gasteiger partial charge is 0.346 e. The molecule has 36 heavy (non-hydrogen) atoms. The molecule has 0 bridgehead atoms. The lowest BCUT2D eigenvalue weighted by atomic mass is 10.0. The molecule has 5 aromatic rings. The van der Waals surface area contributed by atoms with Crippen molar-refractivity contribution < 1.29 is 9.18 Å². The fourth-order valence-electron chi connectivity index (χ4n) is 3.99. The van der Waals surface area contributed by atoms with Crippen molar-refractivity contribution in [1.82, 2.24) is 25.1 Å². The first-order valence-electron chi connectivity index (χ1n) is 11.2. The van der Waals surface area contributed by atoms with Crippen LogP contribution in [-0.2, 0) is 19.5 Å². The number of fused-ring (bicyclic) bond motifs is 1. The van der Waals surface area contributed by atoms with Crippen molar-refractivity contribution in [3.8, 4) is 0 Å². The van der Waals surface area contributed by atoms with Crippen LogP contribution in [0.25, 0.3) is 10.9 Å². The number of amides is 1. The number of aromatic amines is 1. The third-order valence-electron chi connectivity index (χ3n) is 5.84. The number of hydrogen-bond donors (Lipinski definition) is 2. The van der Waals surface area contributed by atoms with Crippen molar-refractivity contribution >= 4 is 28.4 Å². The Morgan fingerprint density at radius 3 is 2.78 bits per heavy atom. The Labute approximate surface area is 210 Å². The first-order valence-corrected chi connectivity index (χ1v) is 11.6. The van der Waals surface area contributed by atoms with Crippen molar-refractivity contribution in [3.05, 3.63) is 128 Å². The minimum atomic E-state index is -0.379. The summed E-state index contributed by atoms with van der Waals surface area (Å²) >= 11 is 6.07. The van der Waals surface area contributed by atoms with Crippen LogP contribution in [0.1, 0.15) is 32.7 Å². The highest BCUT2D eigenvalue weighted by molar-refractivity contribution is 6.31. The number of H-pyrrole nitrogens is 1. The highest BCUT2D eigenvalue weighted by Crippen LogP contribution is 2.21. The molecule has 5 rings (SSSR count). The van der Waals surface area contributed by atoms with E-state index < -0.39 is 0 Å². The van der Waals surface area contributed by atoms with E-state index in [4.69, 9.17) is 11.6 Å². The van der Waals surface area contributed by atoms with Gasteiger partial charge in [0.15, 0.2) is 0 Å². The van der Waals surface area contributed by atoms with Gasteiger partial charge >= 0.3 is 0 Å². The molecule has 0 aliphatic rings. The summed E-state index contributed by atoms with van der Waals surface area (Å²) in [5.74, 6) is -0.693. The summed E-state index contributed by atoms with van der Waals surface area (Å²) in [6.07, 6.45) is 5.01. The standard InChI is InChI=1S/C27H21ClFN5O2/c28-21-6-7-24-22(12-21)25(33-32-24)15-31-27(36)20-10-18(13-30-14-20)9-19-5-4-17(11-23(19)29)16-34-8-2-1-3-26(34)35/h1-8,10-14H,9,15-16H2,(H,31,36)(H,32,33). The highest BCUT2D eigenvalue weighted by Gasteiger charge is 2.12. The van der Waals surface area contributed by atoms with Gasteiger partial charge in [0, 0.05) is 41.5 Å². The molecule has 2 aromatic carbocycles. The Balaban J connectivity index is 1.26. The molecule has 3 aromatic heterocycles. The smallest absolute Gasteiger partial charge is 0.253 e. The number of nitrogens with one attached hydrogen (secondary N) is 2. The average Bonchev–Trinajstić information content (AvgIpc) is 3.28. The van der Waals surface area contributed by atoms with Crippen LogP contribution in [0.5, 0.6) is 0 Å². The zero-order valence-electron chi connectivity index (χ0n) is 19.0. The molecule has 0 atom stereocenters. The van der Waals surface area contributed by atoms with E-state index in [9.17, 15) is 14.0 Å². The minimum absolute atomic E-state index is 0.146. The van der Waals surface area contributed by atoms with Gasteiger partial charge in [-0.05, 0) is 53.1 Å². The molecule has 0 unspecified atom stereocenters. The summed E-state index contributed by atoms with van der Waals surface area (Å²) in [6, 6.07) is 16.9. The summed E-state index contributed by atoms with van der Waals surface area (Å²) in [5.41, 5.74) is 3.58. The van der Waals surface area contributed by atoms with Gasteiger partial charge in [-0.25, -0.2) is 4.39 Å². The van der Waals surface area contributed by atoms with Crippen LogP contribution in [0.2, 0.25) is 5.02 Å². The second-order valence-electron chi connectivity index (χ2n) is 8.39. The van der Waals surface area contributed by atoms with Crippen LogP contribution >= 0.6 is 11.6 Å². The summed E-state index contributed by atoms with van der Waals surface area (Å²) < 4.78 is 16.3. The number of rotatable bonds is 7. The SMILES string of the molecule is O=C(NCc1n[nH]c2ccc(Cl)cc12)c1cncc(Cc2ccc(Cn3ccccc3=O)cc2F)c1. The van der Waals surface area contributed by atoms with Crippen molar-refractivity contribution in [2.75, 3.05) is 0 Å². The van der Waals surface area contributed by atoms with Crippen LogP contribution in [0.4, 0.5) is 4.39 Å². The lowest BCUT2D eigenvalue weighted by Gasteiger charge is -2.09. The molecule has 0 saturated heterocycles. The zero-order valence-corrected chi connectivity index (χ0v) is 19.8. The normalized spacial score (nSPS) is 11.1. The van der Waals surface area contributed by atoms with Crippen molar-refractivity contribution in [2.45, 2.75) is 19.5 Å². The van der Waals surface area contributed by atoms with Crippen molar-refractivity contribution in [1.29, 1.82) is 0 Å². The van der Waals surface area contributed by atoms with E-state index in [1.165, 1.54) is 22.9 Å². The Hall–Kier alpha value is -4.30. The fourth-order valence-corrected chi connectivity index (χ4v) is 4.16. The van der Waals surface area contributed by atoms with Gasteiger partial charge in [0.1, 0.15) is 5.82 Å². The van der Waals surface area contributed by atoms with Crippen LogP contribution in [0, 0.1) is 5.82 Å². The van der Waals surface area contributed by atoms with Gasteiger partial charge in [0.25, 0.3) is 11.5 Å². The number of benzene rings is 2. The number of carbonyl (C=O) groups excluding carboxylic acids is 1. The molecule has 1 amide bonds. The molecule has 0 saturated carbocycles. The molecule has 0 aliphatic carbocycles. The highest BCUT2D eigenvalue weighted by atomic mass is 35.5. The quantitative estimate of drug-likeness (QED) is 0.344. The second-order valence-corrected chi connectivity index (χ2v) is 8.83. The van der Waals surface area contributed by atoms with Crippen LogP contribution in [0.3, 0.4) is 0 Å². The molecule has 7 nitrogen and oxygen atoms in total. The molecule has 2 N–H and O–H groups in total. The monoisotopic (exact) mass is 501 g/mol. The topological polar surface area (TPSA) is 92.7 Å². The molecular weight excluding hydrogens is 481 g/mol. The molecule has 0 spiro atoms. The molecule has 0 fully saturated rings. The van der Waals surface area contributed by atoms with Crippen LogP contribution in [0.15, 0.2) is 84.0 Å². The number of pyridine rings is 2. The van der Waals surface area contributed by atoms with Gasteiger partial charge in [0.2, 0.25) is 0 Å². The molecule has 9 heteroatoms. The minimum Gasteiger partial charge on any atom is -0.346 e. The van der Waals surface area contributed by atoms with E-state index in [-0.39, 0.29) is 36.8 Å². The maximum absolute atomic E-state index is 14.8. The molecule has 0 aliphatic heterocycles. The Morgan fingerprint density at radius 1 is 1.06 bits per heavy atom. The van der Waals surface area contributed by atoms with Crippen molar-refractivity contribution in [3.63, 3.8) is 0 Å². The number of hydrogen-bond acceptors (Lipinski definition) is 4. The summed E-state index contributed by atoms with van der Waals surface area (Å²) in [5, 5.41) is 11.4. The van der Waals surface area contributed by atoms with E-state index in [0.29, 0.717) is 33.0 Å². The molecular formula is C27H21ClFN5O2. The summed E-state index contributed by atoms with van der Waals surface area (Å²) in [6.45, 7) is 0.496. The fraction of sp³-hybridized carbons (Fsp3) is 0.111. The predicted molar refractivity (Wildman–Crippen MR) is 136 cm³/mol. The Morgan fingerprint density at radius 2 is 1.94 bits per heavy atom. The Bertz CT molecular complexity index is 1630. The molecule has 180 valence electrons. The van der Waals surface area contributed by atoms with Gasteiger partial charge in [-0.3, -0.25) is 19.7 Å². The van der Waals surface area contributed by atoms with Gasteiger partial charge in [-0.15, -0.1) is 0 Å². The van der Waals surface area contributed by atoms with Gasteiger partial charge in [0.05, 0.1) is 29.9 Å². The predicted octanol–water partition coefficient (Wildman–Crippen LogP) is 4.48. The summed E-state index contributed by atoms with van der Waals surface area (Å²) in [7, 11) is 0. The number of carbonyl (C=O) groups is 1. The number of halogens is 2. The van der Waals surface area contributed by atoms with Gasteiger partial charge in [-0.2, -0.15) is 5.10 Å². The zero-order chi connectivity index (χ0) is 25.1. The van der Waals surface area contributed by atoms with E-state index in [2.05, 4.69) is 20.5 Å². The van der Waals surface area contributed by atoms with Crippen LogP contribution < -0.4 is 10.9 Å². The first kappa shape index (κ1) is 23.4. The van der Waals surface area contributed by atoms with E-state index in [1.807, 2.05) is 6.07 Å². The average molecular weight is 502 g/mol. The van der Waals surface area contributed by atoms with E-state index in [0.717, 1.165) is 10.9 Å². The second kappa shape index (κ2) is 10.1. The lowest BCUT2D eigenvalue weighted by Crippen LogP contribution is -2.23. The maximum Gasteiger partial charge on any atom is 0.253 e. The maximum atomic E-state index is 14.8. The Kier molecular flexibility index (Phi) is 6.60. The van der Waals surface area contributed by atoms with Crippen molar-refractivity contribution in [2.24, 2.45) is 0 Å².